The minimum absolute atomic E-state index is 0.135. The second-order valence-electron chi connectivity index (χ2n) is 7.03. The summed E-state index contributed by atoms with van der Waals surface area (Å²) in [5.41, 5.74) is 8.79. The lowest BCUT2D eigenvalue weighted by Gasteiger charge is -2.42. The number of carbonyl (C=O) groups excluding carboxylic acids is 2. The van der Waals surface area contributed by atoms with E-state index in [0.29, 0.717) is 12.8 Å². The summed E-state index contributed by atoms with van der Waals surface area (Å²) in [6, 6.07) is -1.39. The predicted molar refractivity (Wildman–Crippen MR) is 110 cm³/mol. The fraction of sp³-hybridized carbons (Fsp3) is 0.889. The normalized spacial score (nSPS) is 25.6. The second-order valence-corrected chi connectivity index (χ2v) is 8.69. The number of carbonyl (C=O) groups is 2. The third-order valence-electron chi connectivity index (χ3n) is 4.31. The fourth-order valence-corrected chi connectivity index (χ4v) is 4.06. The smallest absolute Gasteiger partial charge is 0.458 e. The summed E-state index contributed by atoms with van der Waals surface area (Å²) in [5, 5.41) is 13.7. The van der Waals surface area contributed by atoms with E-state index in [9.17, 15) is 19.3 Å². The van der Waals surface area contributed by atoms with Crippen molar-refractivity contribution in [1.29, 1.82) is 0 Å². The highest BCUT2D eigenvalue weighted by atomic mass is 31.2. The van der Waals surface area contributed by atoms with Crippen molar-refractivity contribution in [2.75, 3.05) is 19.8 Å². The van der Waals surface area contributed by atoms with Crippen LogP contribution in [-0.4, -0.2) is 67.5 Å². The van der Waals surface area contributed by atoms with Crippen LogP contribution < -0.4 is 0 Å². The third-order valence-corrected chi connectivity index (χ3v) is 5.78. The number of aliphatic hydroxyl groups excluding tert-OH is 1. The molecule has 0 radical (unpaired) electrons. The molecule has 0 aromatic heterocycles. The molecule has 0 aromatic rings. The molecule has 1 N–H and O–H groups in total. The molecule has 1 aliphatic rings. The Morgan fingerprint density at radius 1 is 1.03 bits per heavy atom. The molecule has 184 valence electrons. The SMILES string of the molecule is CCCCOP(=O)(OCCCC)OCC1O[C@@H](O)C(N=[N+]=[N-])[C@@H](OC(C)=O)[C@H]1OC(C)=O. The molecule has 1 saturated heterocycles. The molecule has 0 amide bonds. The van der Waals surface area contributed by atoms with E-state index in [2.05, 4.69) is 10.0 Å². The fourth-order valence-electron chi connectivity index (χ4n) is 2.80. The average molecular weight is 481 g/mol. The van der Waals surface area contributed by atoms with Gasteiger partial charge in [0.1, 0.15) is 12.1 Å². The molecule has 5 atom stereocenters. The minimum Gasteiger partial charge on any atom is -0.458 e. The quantitative estimate of drug-likeness (QED) is 0.0969. The molecule has 2 unspecified atom stereocenters. The lowest BCUT2D eigenvalue weighted by Crippen LogP contribution is -2.60. The van der Waals surface area contributed by atoms with Crippen LogP contribution in [0.25, 0.3) is 10.4 Å². The third kappa shape index (κ3) is 9.41. The topological polar surface area (TPSA) is 176 Å². The molecule has 14 heteroatoms. The molecular weight excluding hydrogens is 449 g/mol. The summed E-state index contributed by atoms with van der Waals surface area (Å²) in [6.07, 6.45) is -2.79. The first-order chi connectivity index (χ1) is 15.2. The maximum atomic E-state index is 13.0. The van der Waals surface area contributed by atoms with Gasteiger partial charge in [0.15, 0.2) is 18.5 Å². The van der Waals surface area contributed by atoms with Gasteiger partial charge < -0.3 is 19.3 Å². The van der Waals surface area contributed by atoms with Crippen LogP contribution in [0.5, 0.6) is 0 Å². The van der Waals surface area contributed by atoms with Crippen LogP contribution in [0.3, 0.4) is 0 Å². The van der Waals surface area contributed by atoms with Gasteiger partial charge in [0.2, 0.25) is 0 Å². The molecule has 1 heterocycles. The summed E-state index contributed by atoms with van der Waals surface area (Å²) in [7, 11) is -3.99. The lowest BCUT2D eigenvalue weighted by atomic mass is 9.97. The Morgan fingerprint density at radius 2 is 1.56 bits per heavy atom. The number of phosphoric acid groups is 1. The van der Waals surface area contributed by atoms with E-state index < -0.39 is 57.0 Å². The largest absolute Gasteiger partial charge is 0.474 e. The average Bonchev–Trinajstić information content (AvgIpc) is 2.71. The number of hydrogen-bond acceptors (Lipinski definition) is 11. The zero-order chi connectivity index (χ0) is 24.1. The van der Waals surface area contributed by atoms with E-state index in [1.54, 1.807) is 0 Å². The van der Waals surface area contributed by atoms with Crippen LogP contribution in [-0.2, 0) is 41.9 Å². The van der Waals surface area contributed by atoms with E-state index in [1.807, 2.05) is 13.8 Å². The Labute approximate surface area is 186 Å². The first kappa shape index (κ1) is 28.3. The minimum atomic E-state index is -3.99. The van der Waals surface area contributed by atoms with Crippen LogP contribution in [0.4, 0.5) is 0 Å². The van der Waals surface area contributed by atoms with Gasteiger partial charge in [-0.1, -0.05) is 31.8 Å². The maximum absolute atomic E-state index is 13.0. The van der Waals surface area contributed by atoms with Gasteiger partial charge in [0.05, 0.1) is 19.8 Å². The summed E-state index contributed by atoms with van der Waals surface area (Å²) < 4.78 is 44.8. The van der Waals surface area contributed by atoms with Crippen molar-refractivity contribution in [2.45, 2.75) is 84.0 Å². The van der Waals surface area contributed by atoms with Crippen LogP contribution in [0, 0.1) is 0 Å². The van der Waals surface area contributed by atoms with Crippen LogP contribution in [0.2, 0.25) is 0 Å². The van der Waals surface area contributed by atoms with Crippen molar-refractivity contribution in [1.82, 2.24) is 0 Å². The first-order valence-corrected chi connectivity index (χ1v) is 11.9. The van der Waals surface area contributed by atoms with Crippen LogP contribution >= 0.6 is 7.82 Å². The number of esters is 2. The number of hydrogen-bond donors (Lipinski definition) is 1. The number of phosphoric ester groups is 1. The van der Waals surface area contributed by atoms with Crippen molar-refractivity contribution in [3.63, 3.8) is 0 Å². The highest BCUT2D eigenvalue weighted by Crippen LogP contribution is 2.50. The Bertz CT molecular complexity index is 688. The van der Waals surface area contributed by atoms with Gasteiger partial charge in [-0.25, -0.2) is 4.57 Å². The molecule has 1 rings (SSSR count). The van der Waals surface area contributed by atoms with Gasteiger partial charge >= 0.3 is 19.8 Å². The molecule has 0 bridgehead atoms. The highest BCUT2D eigenvalue weighted by molar-refractivity contribution is 7.48. The number of azide groups is 1. The van der Waals surface area contributed by atoms with Crippen LogP contribution in [0.1, 0.15) is 53.4 Å². The highest BCUT2D eigenvalue weighted by Gasteiger charge is 2.50. The molecule has 0 aliphatic carbocycles. The molecule has 0 aromatic carbocycles. The summed E-state index contributed by atoms with van der Waals surface area (Å²) in [6.45, 7) is 5.86. The summed E-state index contributed by atoms with van der Waals surface area (Å²) in [5.74, 6) is -1.52. The zero-order valence-corrected chi connectivity index (χ0v) is 19.6. The molecule has 0 saturated carbocycles. The molecular formula is C18H32N3O10P. The number of rotatable bonds is 14. The van der Waals surface area contributed by atoms with Crippen molar-refractivity contribution < 1.29 is 47.0 Å². The van der Waals surface area contributed by atoms with E-state index in [0.717, 1.165) is 26.7 Å². The Balaban J connectivity index is 3.07. The van der Waals surface area contributed by atoms with Crippen molar-refractivity contribution in [3.05, 3.63) is 10.4 Å². The first-order valence-electron chi connectivity index (χ1n) is 10.4. The van der Waals surface area contributed by atoms with Crippen LogP contribution in [0.15, 0.2) is 5.11 Å². The molecule has 13 nitrogen and oxygen atoms in total. The maximum Gasteiger partial charge on any atom is 0.474 e. The number of nitrogens with zero attached hydrogens (tertiary/aromatic N) is 3. The Morgan fingerprint density at radius 3 is 2.03 bits per heavy atom. The zero-order valence-electron chi connectivity index (χ0n) is 18.7. The van der Waals surface area contributed by atoms with Crippen molar-refractivity contribution in [2.24, 2.45) is 5.11 Å². The molecule has 1 fully saturated rings. The molecule has 32 heavy (non-hydrogen) atoms. The van der Waals surface area contributed by atoms with E-state index in [1.165, 1.54) is 0 Å². The summed E-state index contributed by atoms with van der Waals surface area (Å²) >= 11 is 0. The number of ether oxygens (including phenoxy) is 3. The van der Waals surface area contributed by atoms with E-state index in [-0.39, 0.29) is 13.2 Å². The van der Waals surface area contributed by atoms with Gasteiger partial charge in [0, 0.05) is 18.8 Å². The second kappa shape index (κ2) is 14.4. The monoisotopic (exact) mass is 481 g/mol. The van der Waals surface area contributed by atoms with E-state index in [4.69, 9.17) is 33.3 Å². The lowest BCUT2D eigenvalue weighted by molar-refractivity contribution is -0.258. The predicted octanol–water partition coefficient (Wildman–Crippen LogP) is 3.00. The van der Waals surface area contributed by atoms with Gasteiger partial charge in [-0.05, 0) is 18.4 Å². The summed E-state index contributed by atoms with van der Waals surface area (Å²) in [4.78, 5) is 25.8. The molecule has 1 aliphatic heterocycles. The Hall–Kier alpha value is -1.72. The van der Waals surface area contributed by atoms with Gasteiger partial charge in [-0.15, -0.1) is 0 Å². The Kier molecular flexibility index (Phi) is 12.8. The van der Waals surface area contributed by atoms with Crippen molar-refractivity contribution in [3.8, 4) is 0 Å². The van der Waals surface area contributed by atoms with Gasteiger partial charge in [0.25, 0.3) is 0 Å². The number of aliphatic hydroxyl groups is 1. The van der Waals surface area contributed by atoms with Gasteiger partial charge in [-0.3, -0.25) is 23.2 Å². The number of unbranched alkanes of at least 4 members (excludes halogenated alkanes) is 2. The standard InChI is InChI=1S/C18H32N3O10P/c1-5-7-9-26-32(25,27-10-8-6-2)28-11-14-16(29-12(3)22)17(30-13(4)23)15(20-21-19)18(24)31-14/h14-18,24H,5-11H2,1-4H3/t14?,15?,16-,17+,18+/m0/s1. The van der Waals surface area contributed by atoms with Crippen molar-refractivity contribution >= 4 is 19.8 Å². The van der Waals surface area contributed by atoms with E-state index >= 15 is 0 Å². The van der Waals surface area contributed by atoms with Gasteiger partial charge in [-0.2, -0.15) is 0 Å². The molecule has 0 spiro atoms.